The van der Waals surface area contributed by atoms with Crippen molar-refractivity contribution in [3.05, 3.63) is 68.8 Å². The lowest BCUT2D eigenvalue weighted by Gasteiger charge is -2.24. The van der Waals surface area contributed by atoms with Gasteiger partial charge >= 0.3 is 0 Å². The van der Waals surface area contributed by atoms with Gasteiger partial charge in [0, 0.05) is 17.1 Å². The fourth-order valence-corrected chi connectivity index (χ4v) is 4.70. The number of aryl methyl sites for hydroxylation is 1. The molecule has 0 amide bonds. The summed E-state index contributed by atoms with van der Waals surface area (Å²) in [4.78, 5) is 7.41. The number of aromatic nitrogens is 1. The number of nitriles is 1. The number of rotatable bonds is 3. The minimum Gasteiger partial charge on any atom is -0.344 e. The zero-order valence-electron chi connectivity index (χ0n) is 14.0. The molecule has 1 aromatic heterocycles. The van der Waals surface area contributed by atoms with Gasteiger partial charge in [-0.3, -0.25) is 0 Å². The maximum Gasteiger partial charge on any atom is 0.187 e. The number of hydrogen-bond donors (Lipinski definition) is 0. The summed E-state index contributed by atoms with van der Waals surface area (Å²) in [6.45, 7) is 0. The molecule has 1 heterocycles. The normalized spacial score (nSPS) is 15.5. The van der Waals surface area contributed by atoms with E-state index in [9.17, 15) is 9.65 Å². The number of fused-ring (bicyclic) bond motifs is 1. The average molecular weight is 428 g/mol. The fourth-order valence-electron chi connectivity index (χ4n) is 3.43. The summed E-state index contributed by atoms with van der Waals surface area (Å²) in [7, 11) is 2.02. The molecule has 26 heavy (non-hydrogen) atoms. The van der Waals surface area contributed by atoms with Gasteiger partial charge in [0.25, 0.3) is 0 Å². The van der Waals surface area contributed by atoms with Crippen molar-refractivity contribution in [1.29, 1.82) is 5.26 Å². The molecule has 3 aromatic rings. The number of halogens is 2. The van der Waals surface area contributed by atoms with E-state index in [2.05, 4.69) is 45.1 Å². The van der Waals surface area contributed by atoms with Gasteiger partial charge in [0.05, 0.1) is 6.04 Å². The number of nitrogens with zero attached hydrogens (tertiary/aromatic N) is 3. The Kier molecular flexibility index (Phi) is 4.51. The first-order valence-electron chi connectivity index (χ1n) is 8.25. The summed E-state index contributed by atoms with van der Waals surface area (Å²) < 4.78 is 14.3. The van der Waals surface area contributed by atoms with E-state index in [0.29, 0.717) is 10.6 Å². The second-order valence-electron chi connectivity index (χ2n) is 6.30. The third-order valence-electron chi connectivity index (χ3n) is 4.76. The Morgan fingerprint density at radius 1 is 1.27 bits per heavy atom. The van der Waals surface area contributed by atoms with Crippen molar-refractivity contribution in [2.45, 2.75) is 18.9 Å². The van der Waals surface area contributed by atoms with Gasteiger partial charge in [-0.2, -0.15) is 5.26 Å². The standard InChI is InChI=1S/C20H15BrFN3S/c1-25(17-9-5-12-2-6-14(21)10-16(12)17)20-24-19(18(11-23)26-20)13-3-7-15(22)8-4-13/h2-4,6-8,10,17H,5,9H2,1H3. The monoisotopic (exact) mass is 427 g/mol. The second kappa shape index (κ2) is 6.82. The predicted molar refractivity (Wildman–Crippen MR) is 106 cm³/mol. The van der Waals surface area contributed by atoms with Crippen LogP contribution in [0.25, 0.3) is 11.3 Å². The molecule has 130 valence electrons. The van der Waals surface area contributed by atoms with E-state index in [1.165, 1.54) is 34.6 Å². The Bertz CT molecular complexity index is 1010. The molecule has 1 atom stereocenters. The van der Waals surface area contributed by atoms with Crippen LogP contribution in [-0.2, 0) is 6.42 Å². The number of anilines is 1. The van der Waals surface area contributed by atoms with Crippen molar-refractivity contribution in [3.63, 3.8) is 0 Å². The molecule has 0 radical (unpaired) electrons. The van der Waals surface area contributed by atoms with E-state index in [1.54, 1.807) is 12.1 Å². The van der Waals surface area contributed by atoms with E-state index in [-0.39, 0.29) is 11.9 Å². The summed E-state index contributed by atoms with van der Waals surface area (Å²) >= 11 is 4.94. The first-order chi connectivity index (χ1) is 12.6. The summed E-state index contributed by atoms with van der Waals surface area (Å²) in [5, 5.41) is 10.3. The highest BCUT2D eigenvalue weighted by molar-refractivity contribution is 9.10. The quantitative estimate of drug-likeness (QED) is 0.537. The molecule has 1 aliphatic rings. The highest BCUT2D eigenvalue weighted by Gasteiger charge is 2.28. The van der Waals surface area contributed by atoms with E-state index in [0.717, 1.165) is 28.0 Å². The first-order valence-corrected chi connectivity index (χ1v) is 9.86. The van der Waals surface area contributed by atoms with Gasteiger partial charge < -0.3 is 4.90 Å². The van der Waals surface area contributed by atoms with Gasteiger partial charge in [0.15, 0.2) is 5.13 Å². The molecule has 0 spiro atoms. The molecule has 6 heteroatoms. The van der Waals surface area contributed by atoms with Crippen LogP contribution in [0, 0.1) is 17.1 Å². The van der Waals surface area contributed by atoms with Crippen LogP contribution in [0.3, 0.4) is 0 Å². The maximum atomic E-state index is 13.2. The number of thiazole rings is 1. The van der Waals surface area contributed by atoms with Gasteiger partial charge in [0.2, 0.25) is 0 Å². The van der Waals surface area contributed by atoms with Gasteiger partial charge in [-0.1, -0.05) is 33.3 Å². The lowest BCUT2D eigenvalue weighted by Crippen LogP contribution is -2.22. The minimum absolute atomic E-state index is 0.237. The number of benzene rings is 2. The highest BCUT2D eigenvalue weighted by Crippen LogP contribution is 2.41. The van der Waals surface area contributed by atoms with Crippen LogP contribution in [0.2, 0.25) is 0 Å². The summed E-state index contributed by atoms with van der Waals surface area (Å²) in [5.41, 5.74) is 4.04. The molecule has 4 rings (SSSR count). The minimum atomic E-state index is -0.298. The van der Waals surface area contributed by atoms with Gasteiger partial charge in [-0.05, 0) is 60.4 Å². The lowest BCUT2D eigenvalue weighted by atomic mass is 10.1. The molecule has 0 saturated carbocycles. The molecule has 0 fully saturated rings. The molecule has 1 unspecified atom stereocenters. The van der Waals surface area contributed by atoms with Gasteiger partial charge in [0.1, 0.15) is 22.5 Å². The Labute approximate surface area is 163 Å². The Morgan fingerprint density at radius 2 is 2.04 bits per heavy atom. The van der Waals surface area contributed by atoms with Crippen LogP contribution in [0.5, 0.6) is 0 Å². The summed E-state index contributed by atoms with van der Waals surface area (Å²) in [5.74, 6) is -0.298. The van der Waals surface area contributed by atoms with Crippen molar-refractivity contribution in [2.24, 2.45) is 0 Å². The third kappa shape index (κ3) is 3.02. The van der Waals surface area contributed by atoms with Gasteiger partial charge in [-0.25, -0.2) is 9.37 Å². The third-order valence-corrected chi connectivity index (χ3v) is 6.30. The summed E-state index contributed by atoms with van der Waals surface area (Å²) in [6, 6.07) is 15.0. The van der Waals surface area contributed by atoms with Crippen molar-refractivity contribution in [2.75, 3.05) is 11.9 Å². The smallest absolute Gasteiger partial charge is 0.187 e. The molecular weight excluding hydrogens is 413 g/mol. The van der Waals surface area contributed by atoms with Crippen LogP contribution < -0.4 is 4.90 Å². The zero-order valence-corrected chi connectivity index (χ0v) is 16.4. The largest absolute Gasteiger partial charge is 0.344 e. The molecule has 1 aliphatic carbocycles. The van der Waals surface area contributed by atoms with E-state index < -0.39 is 0 Å². The molecule has 0 bridgehead atoms. The lowest BCUT2D eigenvalue weighted by molar-refractivity contribution is 0.628. The molecule has 3 nitrogen and oxygen atoms in total. The summed E-state index contributed by atoms with van der Waals surface area (Å²) in [6.07, 6.45) is 2.06. The predicted octanol–water partition coefficient (Wildman–Crippen LogP) is 5.71. The fraction of sp³-hybridized carbons (Fsp3) is 0.200. The SMILES string of the molecule is CN(c1nc(-c2ccc(F)cc2)c(C#N)s1)C1CCc2ccc(Br)cc21. The van der Waals surface area contributed by atoms with Crippen molar-refractivity contribution < 1.29 is 4.39 Å². The molecule has 0 aliphatic heterocycles. The van der Waals surface area contributed by atoms with Crippen molar-refractivity contribution in [3.8, 4) is 17.3 Å². The van der Waals surface area contributed by atoms with E-state index in [4.69, 9.17) is 4.98 Å². The van der Waals surface area contributed by atoms with Crippen molar-refractivity contribution in [1.82, 2.24) is 4.98 Å². The van der Waals surface area contributed by atoms with Gasteiger partial charge in [-0.15, -0.1) is 0 Å². The molecule has 2 aromatic carbocycles. The van der Waals surface area contributed by atoms with Crippen LogP contribution >= 0.6 is 27.3 Å². The molecular formula is C20H15BrFN3S. The number of hydrogen-bond acceptors (Lipinski definition) is 4. The maximum absolute atomic E-state index is 13.2. The second-order valence-corrected chi connectivity index (χ2v) is 8.19. The van der Waals surface area contributed by atoms with Crippen molar-refractivity contribution >= 4 is 32.4 Å². The Morgan fingerprint density at radius 3 is 2.77 bits per heavy atom. The van der Waals surface area contributed by atoms with Crippen LogP contribution in [0.15, 0.2) is 46.9 Å². The molecule has 0 saturated heterocycles. The molecule has 0 N–H and O–H groups in total. The van der Waals surface area contributed by atoms with E-state index >= 15 is 0 Å². The van der Waals surface area contributed by atoms with E-state index in [1.807, 2.05) is 7.05 Å². The highest BCUT2D eigenvalue weighted by atomic mass is 79.9. The zero-order chi connectivity index (χ0) is 18.3. The van der Waals surface area contributed by atoms with Crippen LogP contribution in [0.1, 0.15) is 28.5 Å². The average Bonchev–Trinajstić information content (AvgIpc) is 3.25. The first kappa shape index (κ1) is 17.2. The Hall–Kier alpha value is -2.23. The van der Waals surface area contributed by atoms with Crippen LogP contribution in [0.4, 0.5) is 9.52 Å². The van der Waals surface area contributed by atoms with Crippen LogP contribution in [-0.4, -0.2) is 12.0 Å². The Balaban J connectivity index is 1.70. The topological polar surface area (TPSA) is 39.9 Å².